The second-order valence-electron chi connectivity index (χ2n) is 5.03. The van der Waals surface area contributed by atoms with Gasteiger partial charge in [0.05, 0.1) is 28.1 Å². The molecule has 0 saturated carbocycles. The minimum absolute atomic E-state index is 0.102. The number of aryl methyl sites for hydroxylation is 2. The number of rotatable bonds is 3. The van der Waals surface area contributed by atoms with Crippen molar-refractivity contribution >= 4 is 15.5 Å². The minimum Gasteiger partial charge on any atom is -0.374 e. The van der Waals surface area contributed by atoms with E-state index in [1.165, 1.54) is 0 Å². The molecule has 1 N–H and O–H groups in total. The van der Waals surface area contributed by atoms with Crippen molar-refractivity contribution < 1.29 is 8.42 Å². The Morgan fingerprint density at radius 2 is 2.15 bits per heavy atom. The maximum atomic E-state index is 12.2. The summed E-state index contributed by atoms with van der Waals surface area (Å²) in [5, 5.41) is 7.70. The zero-order valence-electron chi connectivity index (χ0n) is 11.5. The Hall–Kier alpha value is -1.82. The van der Waals surface area contributed by atoms with Crippen LogP contribution in [0.25, 0.3) is 0 Å². The topological polar surface area (TPSA) is 64.0 Å². The van der Waals surface area contributed by atoms with Crippen molar-refractivity contribution in [3.05, 3.63) is 41.7 Å². The number of anilines is 1. The highest BCUT2D eigenvalue weighted by Gasteiger charge is 2.34. The van der Waals surface area contributed by atoms with Gasteiger partial charge in [-0.1, -0.05) is 25.1 Å². The predicted molar refractivity (Wildman–Crippen MR) is 77.4 cm³/mol. The maximum absolute atomic E-state index is 12.2. The van der Waals surface area contributed by atoms with E-state index < -0.39 is 9.84 Å². The minimum atomic E-state index is -3.18. The summed E-state index contributed by atoms with van der Waals surface area (Å²) < 4.78 is 26.1. The van der Waals surface area contributed by atoms with E-state index in [9.17, 15) is 8.42 Å². The molecule has 1 unspecified atom stereocenters. The molecule has 0 aliphatic carbocycles. The van der Waals surface area contributed by atoms with Crippen LogP contribution in [0.4, 0.5) is 5.69 Å². The molecule has 0 fully saturated rings. The number of nitrogens with zero attached hydrogens (tertiary/aromatic N) is 2. The predicted octanol–water partition coefficient (Wildman–Crippen LogP) is 1.92. The second kappa shape index (κ2) is 4.63. The molecule has 1 aliphatic heterocycles. The molecule has 2 heterocycles. The molecule has 1 atom stereocenters. The third-order valence-corrected chi connectivity index (χ3v) is 5.40. The lowest BCUT2D eigenvalue weighted by atomic mass is 10.1. The molecule has 106 valence electrons. The monoisotopic (exact) mass is 291 g/mol. The number of sulfone groups is 1. The SMILES string of the molecule is CCc1nn(C)cc1NC1CS(=O)(=O)c2ccccc21. The highest BCUT2D eigenvalue weighted by Crippen LogP contribution is 2.35. The van der Waals surface area contributed by atoms with Crippen molar-refractivity contribution in [1.29, 1.82) is 0 Å². The number of hydrogen-bond donors (Lipinski definition) is 1. The average molecular weight is 291 g/mol. The zero-order valence-corrected chi connectivity index (χ0v) is 12.3. The summed E-state index contributed by atoms with van der Waals surface area (Å²) in [6.07, 6.45) is 2.71. The molecule has 6 heteroatoms. The summed E-state index contributed by atoms with van der Waals surface area (Å²) in [4.78, 5) is 0.444. The second-order valence-corrected chi connectivity index (χ2v) is 7.04. The molecule has 20 heavy (non-hydrogen) atoms. The van der Waals surface area contributed by atoms with Gasteiger partial charge in [0.25, 0.3) is 0 Å². The first kappa shape index (κ1) is 13.2. The normalized spacial score (nSPS) is 19.8. The molecular formula is C14H17N3O2S. The fraction of sp³-hybridized carbons (Fsp3) is 0.357. The van der Waals surface area contributed by atoms with Crippen LogP contribution in [0, 0.1) is 0 Å². The number of benzene rings is 1. The number of fused-ring (bicyclic) bond motifs is 1. The van der Waals surface area contributed by atoms with Gasteiger partial charge in [0, 0.05) is 13.2 Å². The Bertz CT molecular complexity index is 750. The molecular weight excluding hydrogens is 274 g/mol. The summed E-state index contributed by atoms with van der Waals surface area (Å²) in [5.74, 6) is 0.102. The molecule has 2 aromatic rings. The van der Waals surface area contributed by atoms with Gasteiger partial charge < -0.3 is 5.32 Å². The standard InChI is InChI=1S/C14H17N3O2S/c1-3-11-12(8-17(2)16-11)15-13-9-20(18,19)14-7-5-4-6-10(13)14/h4-8,13,15H,3,9H2,1-2H3. The first-order valence-corrected chi connectivity index (χ1v) is 8.27. The van der Waals surface area contributed by atoms with Gasteiger partial charge in [-0.3, -0.25) is 4.68 Å². The van der Waals surface area contributed by atoms with Crippen molar-refractivity contribution in [1.82, 2.24) is 9.78 Å². The van der Waals surface area contributed by atoms with Crippen molar-refractivity contribution in [2.24, 2.45) is 7.05 Å². The number of nitrogens with one attached hydrogen (secondary N) is 1. The van der Waals surface area contributed by atoms with Crippen LogP contribution >= 0.6 is 0 Å². The van der Waals surface area contributed by atoms with Gasteiger partial charge in [0.1, 0.15) is 0 Å². The van der Waals surface area contributed by atoms with Crippen LogP contribution in [0.2, 0.25) is 0 Å². The molecule has 0 spiro atoms. The summed E-state index contributed by atoms with van der Waals surface area (Å²) in [7, 11) is -1.31. The van der Waals surface area contributed by atoms with E-state index in [-0.39, 0.29) is 11.8 Å². The molecule has 1 aromatic heterocycles. The first-order chi connectivity index (χ1) is 9.51. The van der Waals surface area contributed by atoms with Gasteiger partial charge in [-0.15, -0.1) is 0 Å². The smallest absolute Gasteiger partial charge is 0.181 e. The van der Waals surface area contributed by atoms with Gasteiger partial charge in [0.2, 0.25) is 0 Å². The van der Waals surface area contributed by atoms with E-state index >= 15 is 0 Å². The van der Waals surface area contributed by atoms with Crippen LogP contribution < -0.4 is 5.32 Å². The van der Waals surface area contributed by atoms with Crippen LogP contribution in [0.15, 0.2) is 35.4 Å². The van der Waals surface area contributed by atoms with Crippen LogP contribution in [-0.4, -0.2) is 24.0 Å². The van der Waals surface area contributed by atoms with Crippen LogP contribution in [0.3, 0.4) is 0 Å². The van der Waals surface area contributed by atoms with E-state index in [2.05, 4.69) is 10.4 Å². The van der Waals surface area contributed by atoms with Crippen LogP contribution in [-0.2, 0) is 23.3 Å². The first-order valence-electron chi connectivity index (χ1n) is 6.62. The molecule has 5 nitrogen and oxygen atoms in total. The number of aromatic nitrogens is 2. The fourth-order valence-corrected chi connectivity index (χ4v) is 4.41. The van der Waals surface area contributed by atoms with Crippen LogP contribution in [0.1, 0.15) is 24.2 Å². The van der Waals surface area contributed by atoms with E-state index in [1.807, 2.05) is 32.3 Å². The lowest BCUT2D eigenvalue weighted by Gasteiger charge is -2.13. The average Bonchev–Trinajstić information content (AvgIpc) is 2.89. The van der Waals surface area contributed by atoms with E-state index in [4.69, 9.17) is 0 Å². The lowest BCUT2D eigenvalue weighted by molar-refractivity contribution is 0.598. The molecule has 1 aliphatic rings. The van der Waals surface area contributed by atoms with Gasteiger partial charge >= 0.3 is 0 Å². The molecule has 0 radical (unpaired) electrons. The third kappa shape index (κ3) is 2.10. The fourth-order valence-electron chi connectivity index (χ4n) is 2.67. The molecule has 0 bridgehead atoms. The van der Waals surface area contributed by atoms with E-state index in [1.54, 1.807) is 16.8 Å². The quantitative estimate of drug-likeness (QED) is 0.938. The zero-order chi connectivity index (χ0) is 14.3. The highest BCUT2D eigenvalue weighted by molar-refractivity contribution is 7.91. The van der Waals surface area contributed by atoms with Crippen molar-refractivity contribution in [2.45, 2.75) is 24.3 Å². The molecule has 3 rings (SSSR count). The van der Waals surface area contributed by atoms with Gasteiger partial charge in [-0.05, 0) is 18.1 Å². The Labute approximate surface area is 118 Å². The Kier molecular flexibility index (Phi) is 3.05. The Morgan fingerprint density at radius 1 is 1.40 bits per heavy atom. The number of hydrogen-bond acceptors (Lipinski definition) is 4. The summed E-state index contributed by atoms with van der Waals surface area (Å²) in [6.45, 7) is 2.03. The summed E-state index contributed by atoms with van der Waals surface area (Å²) in [5.41, 5.74) is 2.71. The van der Waals surface area contributed by atoms with E-state index in [0.717, 1.165) is 23.4 Å². The molecule has 0 amide bonds. The third-order valence-electron chi connectivity index (χ3n) is 3.59. The van der Waals surface area contributed by atoms with Crippen molar-refractivity contribution in [3.63, 3.8) is 0 Å². The highest BCUT2D eigenvalue weighted by atomic mass is 32.2. The largest absolute Gasteiger partial charge is 0.374 e. The lowest BCUT2D eigenvalue weighted by Crippen LogP contribution is -2.13. The van der Waals surface area contributed by atoms with Crippen molar-refractivity contribution in [3.8, 4) is 0 Å². The summed E-state index contributed by atoms with van der Waals surface area (Å²) >= 11 is 0. The van der Waals surface area contributed by atoms with Gasteiger partial charge in [0.15, 0.2) is 9.84 Å². The Morgan fingerprint density at radius 3 is 2.90 bits per heavy atom. The van der Waals surface area contributed by atoms with E-state index in [0.29, 0.717) is 4.90 Å². The van der Waals surface area contributed by atoms with Gasteiger partial charge in [-0.2, -0.15) is 5.10 Å². The molecule has 1 aromatic carbocycles. The Balaban J connectivity index is 1.97. The maximum Gasteiger partial charge on any atom is 0.181 e. The summed E-state index contributed by atoms with van der Waals surface area (Å²) in [6, 6.07) is 6.99. The van der Waals surface area contributed by atoms with Gasteiger partial charge in [-0.25, -0.2) is 8.42 Å². The van der Waals surface area contributed by atoms with Crippen LogP contribution in [0.5, 0.6) is 0 Å². The molecule has 0 saturated heterocycles. The van der Waals surface area contributed by atoms with Crippen molar-refractivity contribution in [2.75, 3.05) is 11.1 Å².